The topological polar surface area (TPSA) is 68.2 Å². The van der Waals surface area contributed by atoms with Crippen LogP contribution in [0.5, 0.6) is 0 Å². The van der Waals surface area contributed by atoms with Gasteiger partial charge in [0.05, 0.1) is 18.0 Å². The van der Waals surface area contributed by atoms with Gasteiger partial charge in [0.1, 0.15) is 6.54 Å². The maximum absolute atomic E-state index is 12.3. The molecule has 1 aromatic heterocycles. The highest BCUT2D eigenvalue weighted by molar-refractivity contribution is 5.89. The summed E-state index contributed by atoms with van der Waals surface area (Å²) >= 11 is 0. The smallest absolute Gasteiger partial charge is 0.378 e. The van der Waals surface area contributed by atoms with E-state index >= 15 is 0 Å². The predicted octanol–water partition coefficient (Wildman–Crippen LogP) is 2.91. The summed E-state index contributed by atoms with van der Waals surface area (Å²) in [7, 11) is 0. The molecule has 6 nitrogen and oxygen atoms in total. The molecule has 2 atom stereocenters. The summed E-state index contributed by atoms with van der Waals surface area (Å²) in [5.41, 5.74) is 0.272. The number of alkyl halides is 3. The zero-order valence-corrected chi connectivity index (χ0v) is 13.4. The molecule has 0 radical (unpaired) electrons. The number of amides is 2. The van der Waals surface area contributed by atoms with Crippen LogP contribution in [0.25, 0.3) is 0 Å². The minimum atomic E-state index is -4.34. The molecule has 134 valence electrons. The van der Waals surface area contributed by atoms with Crippen molar-refractivity contribution < 1.29 is 22.7 Å². The maximum Gasteiger partial charge on any atom is 0.408 e. The van der Waals surface area contributed by atoms with E-state index in [2.05, 4.69) is 15.7 Å². The Morgan fingerprint density at radius 3 is 2.83 bits per heavy atom. The Kier molecular flexibility index (Phi) is 4.46. The van der Waals surface area contributed by atoms with Gasteiger partial charge in [-0.3, -0.25) is 4.68 Å². The van der Waals surface area contributed by atoms with E-state index in [1.807, 2.05) is 6.92 Å². The fourth-order valence-electron chi connectivity index (χ4n) is 3.66. The maximum atomic E-state index is 12.3. The van der Waals surface area contributed by atoms with Crippen LogP contribution < -0.4 is 10.6 Å². The van der Waals surface area contributed by atoms with Gasteiger partial charge in [-0.25, -0.2) is 4.79 Å². The van der Waals surface area contributed by atoms with Crippen molar-refractivity contribution >= 4 is 11.7 Å². The quantitative estimate of drug-likeness (QED) is 0.861. The number of urea groups is 1. The highest BCUT2D eigenvalue weighted by atomic mass is 19.4. The first-order chi connectivity index (χ1) is 11.3. The summed E-state index contributed by atoms with van der Waals surface area (Å²) in [6.45, 7) is 1.43. The van der Waals surface area contributed by atoms with Crippen LogP contribution in [0.15, 0.2) is 12.4 Å². The van der Waals surface area contributed by atoms with Gasteiger partial charge in [-0.2, -0.15) is 18.3 Å². The highest BCUT2D eigenvalue weighted by Crippen LogP contribution is 2.57. The average molecular weight is 346 g/mol. The molecule has 24 heavy (non-hydrogen) atoms. The van der Waals surface area contributed by atoms with E-state index in [1.165, 1.54) is 6.20 Å². The monoisotopic (exact) mass is 346 g/mol. The van der Waals surface area contributed by atoms with Gasteiger partial charge < -0.3 is 15.4 Å². The molecular formula is C15H21F3N4O2. The number of halogens is 3. The minimum Gasteiger partial charge on any atom is -0.378 e. The standard InChI is InChI=1S/C15H21F3N4O2/c1-2-24-12-6-11(14(12)4-3-5-14)21-13(23)20-10-7-19-22(8-10)9-15(16,17)18/h7-8,11-12H,2-6,9H2,1H3,(H2,20,21,23). The Morgan fingerprint density at radius 2 is 2.25 bits per heavy atom. The molecule has 2 aliphatic rings. The lowest BCUT2D eigenvalue weighted by molar-refractivity contribution is -0.169. The first-order valence-electron chi connectivity index (χ1n) is 8.11. The number of hydrogen-bond acceptors (Lipinski definition) is 3. The first-order valence-corrected chi connectivity index (χ1v) is 8.11. The van der Waals surface area contributed by atoms with Gasteiger partial charge >= 0.3 is 12.2 Å². The normalized spacial score (nSPS) is 25.0. The molecule has 2 unspecified atom stereocenters. The van der Waals surface area contributed by atoms with Crippen LogP contribution in [0.2, 0.25) is 0 Å². The SMILES string of the molecule is CCOC1CC(NC(=O)Nc2cnn(CC(F)(F)F)c2)C12CCC2. The molecule has 2 amide bonds. The lowest BCUT2D eigenvalue weighted by Crippen LogP contribution is -2.68. The van der Waals surface area contributed by atoms with Crippen molar-refractivity contribution in [3.05, 3.63) is 12.4 Å². The Balaban J connectivity index is 1.51. The second-order valence-electron chi connectivity index (χ2n) is 6.46. The van der Waals surface area contributed by atoms with Gasteiger partial charge in [-0.1, -0.05) is 6.42 Å². The van der Waals surface area contributed by atoms with Crippen molar-refractivity contribution in [3.8, 4) is 0 Å². The Bertz CT molecular complexity index is 598. The van der Waals surface area contributed by atoms with Crippen LogP contribution in [-0.4, -0.2) is 40.7 Å². The number of nitrogens with one attached hydrogen (secondary N) is 2. The fourth-order valence-corrected chi connectivity index (χ4v) is 3.66. The van der Waals surface area contributed by atoms with Gasteiger partial charge in [0, 0.05) is 24.3 Å². The van der Waals surface area contributed by atoms with E-state index < -0.39 is 18.8 Å². The molecule has 0 bridgehead atoms. The number of anilines is 1. The van der Waals surface area contributed by atoms with Gasteiger partial charge in [-0.15, -0.1) is 0 Å². The van der Waals surface area contributed by atoms with Gasteiger partial charge in [0.2, 0.25) is 0 Å². The van der Waals surface area contributed by atoms with Gasteiger partial charge in [0.15, 0.2) is 0 Å². The van der Waals surface area contributed by atoms with E-state index in [0.717, 1.165) is 36.6 Å². The van der Waals surface area contributed by atoms with Crippen LogP contribution in [-0.2, 0) is 11.3 Å². The van der Waals surface area contributed by atoms with E-state index in [4.69, 9.17) is 4.74 Å². The van der Waals surface area contributed by atoms with Crippen LogP contribution in [0.1, 0.15) is 32.6 Å². The van der Waals surface area contributed by atoms with Crippen molar-refractivity contribution in [2.45, 2.75) is 57.5 Å². The van der Waals surface area contributed by atoms with Gasteiger partial charge in [0.25, 0.3) is 0 Å². The fraction of sp³-hybridized carbons (Fsp3) is 0.733. The molecule has 2 fully saturated rings. The van der Waals surface area contributed by atoms with Crippen molar-refractivity contribution in [2.24, 2.45) is 5.41 Å². The summed E-state index contributed by atoms with van der Waals surface area (Å²) in [4.78, 5) is 12.1. The minimum absolute atomic E-state index is 0.0355. The summed E-state index contributed by atoms with van der Waals surface area (Å²) in [6, 6.07) is -0.374. The number of aromatic nitrogens is 2. The summed E-state index contributed by atoms with van der Waals surface area (Å²) in [5.74, 6) is 0. The summed E-state index contributed by atoms with van der Waals surface area (Å²) in [6.07, 6.45) is 2.18. The Labute approximate surface area is 137 Å². The molecular weight excluding hydrogens is 325 g/mol. The molecule has 1 heterocycles. The van der Waals surface area contributed by atoms with Crippen LogP contribution >= 0.6 is 0 Å². The van der Waals surface area contributed by atoms with Crippen molar-refractivity contribution in [3.63, 3.8) is 0 Å². The van der Waals surface area contributed by atoms with Crippen LogP contribution in [0, 0.1) is 5.41 Å². The third-order valence-corrected chi connectivity index (χ3v) is 4.98. The molecule has 2 saturated carbocycles. The molecule has 0 saturated heterocycles. The lowest BCUT2D eigenvalue weighted by Gasteiger charge is -2.60. The second-order valence-corrected chi connectivity index (χ2v) is 6.46. The second kappa shape index (κ2) is 6.27. The van der Waals surface area contributed by atoms with Gasteiger partial charge in [-0.05, 0) is 26.2 Å². The number of ether oxygens (including phenoxy) is 1. The molecule has 3 rings (SSSR count). The zero-order chi connectivity index (χ0) is 17.4. The molecule has 0 aliphatic heterocycles. The molecule has 9 heteroatoms. The third kappa shape index (κ3) is 3.35. The van der Waals surface area contributed by atoms with E-state index in [-0.39, 0.29) is 23.2 Å². The largest absolute Gasteiger partial charge is 0.408 e. The predicted molar refractivity (Wildman–Crippen MR) is 80.5 cm³/mol. The van der Waals surface area contributed by atoms with Crippen molar-refractivity contribution in [2.75, 3.05) is 11.9 Å². The first kappa shape index (κ1) is 17.1. The van der Waals surface area contributed by atoms with Crippen LogP contribution in [0.4, 0.5) is 23.7 Å². The average Bonchev–Trinajstić information content (AvgIpc) is 2.80. The number of carbonyl (C=O) groups is 1. The molecule has 2 N–H and O–H groups in total. The Morgan fingerprint density at radius 1 is 1.50 bits per heavy atom. The Hall–Kier alpha value is -1.77. The third-order valence-electron chi connectivity index (χ3n) is 4.98. The number of rotatable bonds is 5. The van der Waals surface area contributed by atoms with Crippen molar-refractivity contribution in [1.82, 2.24) is 15.1 Å². The summed E-state index contributed by atoms with van der Waals surface area (Å²) in [5, 5.41) is 9.05. The van der Waals surface area contributed by atoms with E-state index in [1.54, 1.807) is 0 Å². The lowest BCUT2D eigenvalue weighted by atomic mass is 9.51. The summed E-state index contributed by atoms with van der Waals surface area (Å²) < 4.78 is 43.4. The number of nitrogens with zero attached hydrogens (tertiary/aromatic N) is 2. The van der Waals surface area contributed by atoms with Crippen LogP contribution in [0.3, 0.4) is 0 Å². The van der Waals surface area contributed by atoms with E-state index in [9.17, 15) is 18.0 Å². The molecule has 1 aromatic rings. The molecule has 2 aliphatic carbocycles. The van der Waals surface area contributed by atoms with E-state index in [0.29, 0.717) is 6.61 Å². The molecule has 1 spiro atoms. The number of hydrogen-bond donors (Lipinski definition) is 2. The van der Waals surface area contributed by atoms with Crippen molar-refractivity contribution in [1.29, 1.82) is 0 Å². The zero-order valence-electron chi connectivity index (χ0n) is 13.4. The number of carbonyl (C=O) groups excluding carboxylic acids is 1. The highest BCUT2D eigenvalue weighted by Gasteiger charge is 2.59. The molecule has 0 aromatic carbocycles.